The number of hydrogen-bond donors (Lipinski definition) is 1. The molecule has 5 rings (SSSR count). The predicted molar refractivity (Wildman–Crippen MR) is 109 cm³/mol. The lowest BCUT2D eigenvalue weighted by Crippen LogP contribution is -2.25. The second kappa shape index (κ2) is 7.36. The van der Waals surface area contributed by atoms with Gasteiger partial charge in [-0.05, 0) is 43.2 Å². The van der Waals surface area contributed by atoms with Gasteiger partial charge in [0.15, 0.2) is 17.5 Å². The van der Waals surface area contributed by atoms with E-state index in [0.29, 0.717) is 28.1 Å². The third-order valence-corrected chi connectivity index (χ3v) is 5.81. The van der Waals surface area contributed by atoms with Crippen molar-refractivity contribution in [2.45, 2.75) is 23.9 Å². The van der Waals surface area contributed by atoms with Crippen LogP contribution in [0.25, 0.3) is 5.69 Å². The molecule has 0 atom stereocenters. The summed E-state index contributed by atoms with van der Waals surface area (Å²) >= 11 is 1.37. The molecule has 3 aromatic rings. The Morgan fingerprint density at radius 2 is 2.00 bits per heavy atom. The van der Waals surface area contributed by atoms with Gasteiger partial charge < -0.3 is 10.1 Å². The van der Waals surface area contributed by atoms with Crippen LogP contribution < -0.4 is 10.1 Å². The normalized spacial score (nSPS) is 15.4. The first-order chi connectivity index (χ1) is 14.2. The van der Waals surface area contributed by atoms with E-state index in [1.165, 1.54) is 11.8 Å². The molecule has 0 unspecified atom stereocenters. The zero-order chi connectivity index (χ0) is 19.8. The molecule has 146 valence electrons. The third kappa shape index (κ3) is 3.63. The number of benzene rings is 2. The maximum absolute atomic E-state index is 12.8. The van der Waals surface area contributed by atoms with Crippen molar-refractivity contribution in [2.75, 3.05) is 17.7 Å². The van der Waals surface area contributed by atoms with Gasteiger partial charge in [0.05, 0.1) is 11.4 Å². The van der Waals surface area contributed by atoms with Crippen LogP contribution in [0.4, 0.5) is 5.69 Å². The Kier molecular flexibility index (Phi) is 4.55. The number of Topliss-reactive ketones (excluding diaryl/α,β-unsaturated/α-hetero) is 1. The smallest absolute Gasteiger partial charge is 0.262 e. The molecule has 1 N–H and O–H groups in total. The van der Waals surface area contributed by atoms with Crippen LogP contribution in [0.2, 0.25) is 0 Å². The number of carbonyl (C=O) groups is 2. The zero-order valence-electron chi connectivity index (χ0n) is 15.5. The van der Waals surface area contributed by atoms with E-state index in [-0.39, 0.29) is 24.1 Å². The number of nitrogens with one attached hydrogen (secondary N) is 1. The number of aromatic nitrogens is 3. The Bertz CT molecular complexity index is 1090. The van der Waals surface area contributed by atoms with Crippen LogP contribution in [0.15, 0.2) is 53.7 Å². The number of fused-ring (bicyclic) bond motifs is 1. The molecule has 2 aliphatic rings. The van der Waals surface area contributed by atoms with Crippen LogP contribution in [0.3, 0.4) is 0 Å². The molecule has 1 aliphatic carbocycles. The van der Waals surface area contributed by atoms with E-state index in [9.17, 15) is 9.59 Å². The molecule has 0 spiro atoms. The Hall–Kier alpha value is -3.13. The first-order valence-corrected chi connectivity index (χ1v) is 10.4. The zero-order valence-corrected chi connectivity index (χ0v) is 16.3. The van der Waals surface area contributed by atoms with Crippen molar-refractivity contribution < 1.29 is 14.3 Å². The number of anilines is 1. The van der Waals surface area contributed by atoms with Crippen LogP contribution in [0.1, 0.15) is 34.9 Å². The van der Waals surface area contributed by atoms with E-state index >= 15 is 0 Å². The molecule has 29 heavy (non-hydrogen) atoms. The van der Waals surface area contributed by atoms with Crippen molar-refractivity contribution in [3.63, 3.8) is 0 Å². The highest BCUT2D eigenvalue weighted by atomic mass is 32.2. The van der Waals surface area contributed by atoms with Crippen molar-refractivity contribution in [3.05, 3.63) is 59.9 Å². The molecule has 1 amide bonds. The summed E-state index contributed by atoms with van der Waals surface area (Å²) in [6.07, 6.45) is 2.25. The predicted octanol–water partition coefficient (Wildman–Crippen LogP) is 3.45. The monoisotopic (exact) mass is 406 g/mol. The topological polar surface area (TPSA) is 86.1 Å². The van der Waals surface area contributed by atoms with E-state index < -0.39 is 0 Å². The van der Waals surface area contributed by atoms with Gasteiger partial charge in [0.25, 0.3) is 5.91 Å². The summed E-state index contributed by atoms with van der Waals surface area (Å²) in [6, 6.07) is 15.1. The molecule has 2 heterocycles. The fourth-order valence-electron chi connectivity index (χ4n) is 3.27. The highest BCUT2D eigenvalue weighted by Gasteiger charge is 2.31. The van der Waals surface area contributed by atoms with Gasteiger partial charge in [0, 0.05) is 17.2 Å². The lowest BCUT2D eigenvalue weighted by Gasteiger charge is -2.18. The Balaban J connectivity index is 1.36. The summed E-state index contributed by atoms with van der Waals surface area (Å²) in [5.74, 6) is 1.93. The first-order valence-electron chi connectivity index (χ1n) is 9.42. The highest BCUT2D eigenvalue weighted by Crippen LogP contribution is 2.41. The molecule has 0 saturated heterocycles. The largest absolute Gasteiger partial charge is 0.482 e. The van der Waals surface area contributed by atoms with Gasteiger partial charge in [-0.25, -0.2) is 0 Å². The minimum absolute atomic E-state index is 0.00534. The van der Waals surface area contributed by atoms with Gasteiger partial charge in [0.2, 0.25) is 0 Å². The number of ketones is 1. The van der Waals surface area contributed by atoms with Crippen molar-refractivity contribution >= 4 is 29.1 Å². The molecule has 8 heteroatoms. The molecular formula is C21H18N4O3S. The standard InChI is InChI=1S/C21H18N4O3S/c26-17(14-8-9-18-16(10-14)22-19(27)11-28-18)12-29-21-24-23-20(13-6-7-13)25(21)15-4-2-1-3-5-15/h1-5,8-10,13H,6-7,11-12H2,(H,22,27). The maximum atomic E-state index is 12.8. The summed E-state index contributed by atoms with van der Waals surface area (Å²) in [4.78, 5) is 24.3. The van der Waals surface area contributed by atoms with Crippen molar-refractivity contribution in [1.82, 2.24) is 14.8 Å². The van der Waals surface area contributed by atoms with Crippen LogP contribution in [0.5, 0.6) is 5.75 Å². The van der Waals surface area contributed by atoms with Gasteiger partial charge in [-0.15, -0.1) is 10.2 Å². The van der Waals surface area contributed by atoms with Gasteiger partial charge in [-0.2, -0.15) is 0 Å². The number of ether oxygens (including phenoxy) is 1. The van der Waals surface area contributed by atoms with Crippen LogP contribution in [-0.4, -0.2) is 38.8 Å². The molecule has 7 nitrogen and oxygen atoms in total. The molecular weight excluding hydrogens is 388 g/mol. The summed E-state index contributed by atoms with van der Waals surface area (Å²) in [7, 11) is 0. The Morgan fingerprint density at radius 3 is 2.79 bits per heavy atom. The molecule has 0 radical (unpaired) electrons. The lowest BCUT2D eigenvalue weighted by atomic mass is 10.1. The van der Waals surface area contributed by atoms with Crippen molar-refractivity contribution in [2.24, 2.45) is 0 Å². The van der Waals surface area contributed by atoms with E-state index in [2.05, 4.69) is 20.1 Å². The number of hydrogen-bond acceptors (Lipinski definition) is 6. The number of para-hydroxylation sites is 1. The minimum atomic E-state index is -0.222. The van der Waals surface area contributed by atoms with Crippen molar-refractivity contribution in [3.8, 4) is 11.4 Å². The second-order valence-electron chi connectivity index (χ2n) is 7.05. The summed E-state index contributed by atoms with van der Waals surface area (Å²) in [6.45, 7) is -0.00534. The van der Waals surface area contributed by atoms with Crippen molar-refractivity contribution in [1.29, 1.82) is 0 Å². The van der Waals surface area contributed by atoms with Crippen LogP contribution >= 0.6 is 11.8 Å². The van der Waals surface area contributed by atoms with E-state index in [1.54, 1.807) is 18.2 Å². The average Bonchev–Trinajstić information content (AvgIpc) is 3.51. The molecule has 1 aliphatic heterocycles. The molecule has 1 aromatic heterocycles. The Morgan fingerprint density at radius 1 is 1.17 bits per heavy atom. The SMILES string of the molecule is O=C1COc2ccc(C(=O)CSc3nnc(C4CC4)n3-c3ccccc3)cc2N1. The summed E-state index contributed by atoms with van der Waals surface area (Å²) in [5.41, 5.74) is 2.05. The second-order valence-corrected chi connectivity index (χ2v) is 7.99. The number of amides is 1. The van der Waals surface area contributed by atoms with E-state index in [0.717, 1.165) is 24.4 Å². The van der Waals surface area contributed by atoms with E-state index in [4.69, 9.17) is 4.74 Å². The summed E-state index contributed by atoms with van der Waals surface area (Å²) in [5, 5.41) is 12.2. The number of thioether (sulfide) groups is 1. The van der Waals surface area contributed by atoms with Gasteiger partial charge in [-0.3, -0.25) is 14.2 Å². The number of rotatable bonds is 6. The van der Waals surface area contributed by atoms with Gasteiger partial charge in [0.1, 0.15) is 11.6 Å². The third-order valence-electron chi connectivity index (χ3n) is 4.88. The number of carbonyl (C=O) groups excluding carboxylic acids is 2. The summed E-state index contributed by atoms with van der Waals surface area (Å²) < 4.78 is 7.40. The van der Waals surface area contributed by atoms with Gasteiger partial charge in [-0.1, -0.05) is 30.0 Å². The highest BCUT2D eigenvalue weighted by molar-refractivity contribution is 7.99. The lowest BCUT2D eigenvalue weighted by molar-refractivity contribution is -0.118. The average molecular weight is 406 g/mol. The Labute approximate surface area is 171 Å². The fourth-order valence-corrected chi connectivity index (χ4v) is 4.12. The minimum Gasteiger partial charge on any atom is -0.482 e. The molecule has 1 saturated carbocycles. The molecule has 0 bridgehead atoms. The van der Waals surface area contributed by atoms with Crippen LogP contribution in [0, 0.1) is 0 Å². The van der Waals surface area contributed by atoms with Crippen LogP contribution in [-0.2, 0) is 4.79 Å². The molecule has 2 aromatic carbocycles. The fraction of sp³-hybridized carbons (Fsp3) is 0.238. The molecule has 1 fully saturated rings. The number of nitrogens with zero attached hydrogens (tertiary/aromatic N) is 3. The maximum Gasteiger partial charge on any atom is 0.262 e. The van der Waals surface area contributed by atoms with Gasteiger partial charge >= 0.3 is 0 Å². The quantitative estimate of drug-likeness (QED) is 0.498. The first kappa shape index (κ1) is 17.9. The van der Waals surface area contributed by atoms with E-state index in [1.807, 2.05) is 30.3 Å².